The van der Waals surface area contributed by atoms with Crippen LogP contribution in [0.1, 0.15) is 49.9 Å². The summed E-state index contributed by atoms with van der Waals surface area (Å²) in [4.78, 5) is 27.1. The molecule has 0 heterocycles. The normalized spacial score (nSPS) is 21.3. The summed E-state index contributed by atoms with van der Waals surface area (Å²) < 4.78 is 10.2. The van der Waals surface area contributed by atoms with E-state index in [4.69, 9.17) is 9.47 Å². The van der Waals surface area contributed by atoms with Crippen molar-refractivity contribution >= 4 is 11.9 Å². The molecule has 138 valence electrons. The van der Waals surface area contributed by atoms with Gasteiger partial charge in [-0.1, -0.05) is 38.8 Å². The summed E-state index contributed by atoms with van der Waals surface area (Å²) in [6.07, 6.45) is 4.38. The van der Waals surface area contributed by atoms with Gasteiger partial charge in [-0.15, -0.1) is 0 Å². The van der Waals surface area contributed by atoms with Gasteiger partial charge in [-0.05, 0) is 30.9 Å². The second-order valence-corrected chi connectivity index (χ2v) is 6.91. The van der Waals surface area contributed by atoms with Crippen molar-refractivity contribution in [2.45, 2.75) is 45.6 Å². The average molecular weight is 347 g/mol. The number of esters is 1. The maximum absolute atomic E-state index is 13.3. The maximum atomic E-state index is 13.3. The van der Waals surface area contributed by atoms with Crippen molar-refractivity contribution in [3.63, 3.8) is 0 Å². The Morgan fingerprint density at radius 2 is 1.88 bits per heavy atom. The number of benzene rings is 1. The summed E-state index contributed by atoms with van der Waals surface area (Å²) in [5, 5.41) is 0. The molecule has 0 aliphatic heterocycles. The van der Waals surface area contributed by atoms with E-state index < -0.39 is 0 Å². The Bertz CT molecular complexity index is 601. The van der Waals surface area contributed by atoms with E-state index >= 15 is 0 Å². The highest BCUT2D eigenvalue weighted by atomic mass is 16.5. The molecular weight excluding hydrogens is 318 g/mol. The van der Waals surface area contributed by atoms with Crippen LogP contribution in [-0.4, -0.2) is 43.6 Å². The molecule has 1 saturated carbocycles. The zero-order chi connectivity index (χ0) is 18.4. The molecular formula is C20H29NO4. The minimum absolute atomic E-state index is 0.0769. The van der Waals surface area contributed by atoms with E-state index in [9.17, 15) is 9.59 Å². The van der Waals surface area contributed by atoms with Gasteiger partial charge in [0.1, 0.15) is 5.75 Å². The van der Waals surface area contributed by atoms with E-state index in [-0.39, 0.29) is 23.8 Å². The van der Waals surface area contributed by atoms with Crippen LogP contribution in [0.2, 0.25) is 0 Å². The van der Waals surface area contributed by atoms with Gasteiger partial charge in [0.25, 0.3) is 5.91 Å². The van der Waals surface area contributed by atoms with Crippen LogP contribution in [0.15, 0.2) is 24.3 Å². The molecule has 0 radical (unpaired) electrons. The van der Waals surface area contributed by atoms with Crippen molar-refractivity contribution in [2.24, 2.45) is 11.8 Å². The molecule has 1 aliphatic carbocycles. The molecule has 0 saturated heterocycles. The summed E-state index contributed by atoms with van der Waals surface area (Å²) in [5.41, 5.74) is 0.542. The fourth-order valence-electron chi connectivity index (χ4n) is 3.68. The van der Waals surface area contributed by atoms with Gasteiger partial charge in [0, 0.05) is 12.6 Å². The number of hydrogen-bond donors (Lipinski definition) is 0. The first kappa shape index (κ1) is 19.3. The van der Waals surface area contributed by atoms with Gasteiger partial charge in [0.2, 0.25) is 0 Å². The van der Waals surface area contributed by atoms with Gasteiger partial charge in [0.15, 0.2) is 0 Å². The van der Waals surface area contributed by atoms with Crippen LogP contribution in [0, 0.1) is 11.8 Å². The van der Waals surface area contributed by atoms with Crippen molar-refractivity contribution in [3.8, 4) is 5.75 Å². The maximum Gasteiger partial charge on any atom is 0.310 e. The molecule has 1 aromatic carbocycles. The Morgan fingerprint density at radius 3 is 2.52 bits per heavy atom. The van der Waals surface area contributed by atoms with Crippen LogP contribution in [0.5, 0.6) is 5.75 Å². The Kier molecular flexibility index (Phi) is 6.85. The lowest BCUT2D eigenvalue weighted by Crippen LogP contribution is -2.48. The number of rotatable bonds is 6. The summed E-state index contributed by atoms with van der Waals surface area (Å²) in [6.45, 7) is 4.36. The molecule has 2 rings (SSSR count). The Morgan fingerprint density at radius 1 is 1.20 bits per heavy atom. The summed E-state index contributed by atoms with van der Waals surface area (Å²) in [6, 6.07) is 7.39. The second-order valence-electron chi connectivity index (χ2n) is 6.91. The molecule has 5 heteroatoms. The molecule has 25 heavy (non-hydrogen) atoms. The van der Waals surface area contributed by atoms with E-state index in [2.05, 4.69) is 6.92 Å². The van der Waals surface area contributed by atoms with Crippen molar-refractivity contribution < 1.29 is 19.1 Å². The quantitative estimate of drug-likeness (QED) is 0.739. The molecule has 1 aliphatic rings. The van der Waals surface area contributed by atoms with Crippen LogP contribution in [0.25, 0.3) is 0 Å². The number of carbonyl (C=O) groups is 2. The van der Waals surface area contributed by atoms with E-state index in [1.807, 2.05) is 24.0 Å². The third kappa shape index (κ3) is 4.53. The smallest absolute Gasteiger partial charge is 0.310 e. The lowest BCUT2D eigenvalue weighted by molar-refractivity contribution is -0.145. The first-order valence-corrected chi connectivity index (χ1v) is 9.01. The van der Waals surface area contributed by atoms with Gasteiger partial charge < -0.3 is 14.4 Å². The van der Waals surface area contributed by atoms with Crippen molar-refractivity contribution in [3.05, 3.63) is 29.8 Å². The standard InChI is InChI=1S/C20H29NO4/c1-14-9-5-7-11-17(14)21(13-15(2)20(23)25-4)19(22)16-10-6-8-12-18(16)24-3/h6,8,10,12,14-15,17H,5,7,9,11,13H2,1-4H3. The van der Waals surface area contributed by atoms with Gasteiger partial charge >= 0.3 is 5.97 Å². The van der Waals surface area contributed by atoms with Crippen LogP contribution in [0.3, 0.4) is 0 Å². The highest BCUT2D eigenvalue weighted by molar-refractivity contribution is 5.97. The van der Waals surface area contributed by atoms with Crippen molar-refractivity contribution in [2.75, 3.05) is 20.8 Å². The molecule has 0 aromatic heterocycles. The topological polar surface area (TPSA) is 55.8 Å². The van der Waals surface area contributed by atoms with Crippen molar-refractivity contribution in [1.82, 2.24) is 4.90 Å². The van der Waals surface area contributed by atoms with Crippen molar-refractivity contribution in [1.29, 1.82) is 0 Å². The summed E-state index contributed by atoms with van der Waals surface area (Å²) >= 11 is 0. The predicted octanol–water partition coefficient (Wildman–Crippen LogP) is 3.53. The predicted molar refractivity (Wildman–Crippen MR) is 96.6 cm³/mol. The Balaban J connectivity index is 2.32. The zero-order valence-electron chi connectivity index (χ0n) is 15.7. The lowest BCUT2D eigenvalue weighted by Gasteiger charge is -2.39. The van der Waals surface area contributed by atoms with Gasteiger partial charge in [-0.25, -0.2) is 0 Å². The van der Waals surface area contributed by atoms with Crippen LogP contribution < -0.4 is 4.74 Å². The Hall–Kier alpha value is -2.04. The monoisotopic (exact) mass is 347 g/mol. The molecule has 0 N–H and O–H groups in total. The van der Waals surface area contributed by atoms with E-state index in [0.29, 0.717) is 23.8 Å². The fraction of sp³-hybridized carbons (Fsp3) is 0.600. The molecule has 1 fully saturated rings. The SMILES string of the molecule is COC(=O)C(C)CN(C(=O)c1ccccc1OC)C1CCCCC1C. The number of amides is 1. The molecule has 1 amide bonds. The first-order valence-electron chi connectivity index (χ1n) is 9.01. The largest absolute Gasteiger partial charge is 0.496 e. The number of ether oxygens (including phenoxy) is 2. The highest BCUT2D eigenvalue weighted by Crippen LogP contribution is 2.31. The van der Waals surface area contributed by atoms with Crippen LogP contribution >= 0.6 is 0 Å². The molecule has 0 spiro atoms. The fourth-order valence-corrected chi connectivity index (χ4v) is 3.68. The molecule has 3 unspecified atom stereocenters. The second kappa shape index (κ2) is 8.88. The zero-order valence-corrected chi connectivity index (χ0v) is 15.7. The van der Waals surface area contributed by atoms with E-state index in [1.165, 1.54) is 13.5 Å². The summed E-state index contributed by atoms with van der Waals surface area (Å²) in [7, 11) is 2.95. The third-order valence-electron chi connectivity index (χ3n) is 5.14. The number of methoxy groups -OCH3 is 2. The van der Waals surface area contributed by atoms with Gasteiger partial charge in [-0.3, -0.25) is 9.59 Å². The number of nitrogens with zero attached hydrogens (tertiary/aromatic N) is 1. The van der Waals surface area contributed by atoms with E-state index in [0.717, 1.165) is 19.3 Å². The van der Waals surface area contributed by atoms with Gasteiger partial charge in [0.05, 0.1) is 25.7 Å². The average Bonchev–Trinajstić information content (AvgIpc) is 2.65. The Labute approximate surface area is 150 Å². The van der Waals surface area contributed by atoms with Crippen LogP contribution in [-0.2, 0) is 9.53 Å². The van der Waals surface area contributed by atoms with Gasteiger partial charge in [-0.2, -0.15) is 0 Å². The molecule has 5 nitrogen and oxygen atoms in total. The molecule has 0 bridgehead atoms. The van der Waals surface area contributed by atoms with Crippen LogP contribution in [0.4, 0.5) is 0 Å². The minimum Gasteiger partial charge on any atom is -0.496 e. The first-order chi connectivity index (χ1) is 12.0. The lowest BCUT2D eigenvalue weighted by atomic mass is 9.84. The molecule has 3 atom stereocenters. The highest BCUT2D eigenvalue weighted by Gasteiger charge is 2.34. The summed E-state index contributed by atoms with van der Waals surface area (Å²) in [5.74, 6) is 0.245. The molecule has 1 aromatic rings. The number of hydrogen-bond acceptors (Lipinski definition) is 4. The van der Waals surface area contributed by atoms with E-state index in [1.54, 1.807) is 19.2 Å². The minimum atomic E-state index is -0.363. The number of carbonyl (C=O) groups excluding carboxylic acids is 2. The number of para-hydroxylation sites is 1. The third-order valence-corrected chi connectivity index (χ3v) is 5.14.